The van der Waals surface area contributed by atoms with Crippen molar-refractivity contribution in [3.05, 3.63) is 59.5 Å². The van der Waals surface area contributed by atoms with Gasteiger partial charge < -0.3 is 19.9 Å². The molecule has 0 bridgehead atoms. The lowest BCUT2D eigenvalue weighted by Crippen LogP contribution is -2.45. The number of alkyl halides is 1. The van der Waals surface area contributed by atoms with Crippen molar-refractivity contribution in [1.82, 2.24) is 20.5 Å². The number of carbonyl (C=O) groups excluding carboxylic acids is 2. The maximum absolute atomic E-state index is 14.8. The molecule has 2 aliphatic heterocycles. The van der Waals surface area contributed by atoms with Gasteiger partial charge in [-0.15, -0.1) is 0 Å². The molecule has 2 fully saturated rings. The first-order valence-electron chi connectivity index (χ1n) is 13.2. The third-order valence-electron chi connectivity index (χ3n) is 6.78. The summed E-state index contributed by atoms with van der Waals surface area (Å²) in [6.07, 6.45) is 2.90. The molecule has 0 radical (unpaired) electrons. The van der Waals surface area contributed by atoms with E-state index in [9.17, 15) is 18.4 Å². The number of amides is 2. The quantitative estimate of drug-likeness (QED) is 0.493. The van der Waals surface area contributed by atoms with Crippen molar-refractivity contribution in [2.45, 2.75) is 77.0 Å². The topological polar surface area (TPSA) is 86.8 Å². The maximum atomic E-state index is 14.8. The number of nitrogens with zero attached hydrogens (tertiary/aromatic N) is 3. The standard InChI is InChI=1S/C28H37F2N5O3/c1-28(2,3)38-27(37)34-15-5-8-22(34)18-33-26(36)20-9-11-25(32-17-20)35-23(30)10-12-24(35)31-14-13-19-6-4-7-21(29)16-19/h4,6-7,9,11,16-17,22-24,31H,5,8,10,12-15,18H2,1-3H3,(H,33,36)/t22-,23?,24?/m1/s1. The van der Waals surface area contributed by atoms with Gasteiger partial charge in [0.2, 0.25) is 0 Å². The second-order valence-electron chi connectivity index (χ2n) is 10.9. The average molecular weight is 530 g/mol. The molecular weight excluding hydrogens is 492 g/mol. The Morgan fingerprint density at radius 3 is 2.68 bits per heavy atom. The van der Waals surface area contributed by atoms with Gasteiger partial charge in [-0.05, 0) is 76.3 Å². The lowest BCUT2D eigenvalue weighted by Gasteiger charge is -2.29. The third kappa shape index (κ3) is 7.18. The summed E-state index contributed by atoms with van der Waals surface area (Å²) < 4.78 is 33.7. The molecule has 206 valence electrons. The molecule has 2 N–H and O–H groups in total. The molecule has 4 rings (SSSR count). The van der Waals surface area contributed by atoms with Crippen LogP contribution in [0.4, 0.5) is 19.4 Å². The first kappa shape index (κ1) is 27.8. The van der Waals surface area contributed by atoms with Crippen molar-refractivity contribution >= 4 is 17.8 Å². The SMILES string of the molecule is CC(C)(C)OC(=O)N1CCC[C@@H]1CNC(=O)c1ccc(N2C(F)CCC2NCCc2cccc(F)c2)nc1. The number of likely N-dealkylation sites (tertiary alicyclic amines) is 1. The molecular formula is C28H37F2N5O3. The minimum absolute atomic E-state index is 0.128. The minimum Gasteiger partial charge on any atom is -0.444 e. The van der Waals surface area contributed by atoms with Gasteiger partial charge in [0.05, 0.1) is 17.8 Å². The van der Waals surface area contributed by atoms with Gasteiger partial charge in [0.1, 0.15) is 17.2 Å². The molecule has 3 atom stereocenters. The van der Waals surface area contributed by atoms with E-state index in [0.717, 1.165) is 18.4 Å². The number of halogens is 2. The Morgan fingerprint density at radius 1 is 1.16 bits per heavy atom. The highest BCUT2D eigenvalue weighted by molar-refractivity contribution is 5.94. The van der Waals surface area contributed by atoms with E-state index in [2.05, 4.69) is 15.6 Å². The van der Waals surface area contributed by atoms with E-state index in [1.165, 1.54) is 18.3 Å². The molecule has 0 spiro atoms. The number of hydrogen-bond donors (Lipinski definition) is 2. The highest BCUT2D eigenvalue weighted by Crippen LogP contribution is 2.29. The van der Waals surface area contributed by atoms with Crippen LogP contribution < -0.4 is 15.5 Å². The van der Waals surface area contributed by atoms with Gasteiger partial charge in [-0.1, -0.05) is 12.1 Å². The second-order valence-corrected chi connectivity index (χ2v) is 10.9. The van der Waals surface area contributed by atoms with Crippen molar-refractivity contribution < 1.29 is 23.1 Å². The van der Waals surface area contributed by atoms with Gasteiger partial charge in [-0.3, -0.25) is 10.1 Å². The van der Waals surface area contributed by atoms with E-state index in [0.29, 0.717) is 50.3 Å². The average Bonchev–Trinajstić information content (AvgIpc) is 3.48. The van der Waals surface area contributed by atoms with E-state index < -0.39 is 11.9 Å². The summed E-state index contributed by atoms with van der Waals surface area (Å²) in [5, 5.41) is 6.23. The number of aromatic nitrogens is 1. The van der Waals surface area contributed by atoms with Gasteiger partial charge >= 0.3 is 6.09 Å². The van der Waals surface area contributed by atoms with E-state index in [-0.39, 0.29) is 30.0 Å². The lowest BCUT2D eigenvalue weighted by atomic mass is 10.1. The van der Waals surface area contributed by atoms with E-state index in [1.54, 1.807) is 28.0 Å². The van der Waals surface area contributed by atoms with Crippen molar-refractivity contribution in [1.29, 1.82) is 0 Å². The van der Waals surface area contributed by atoms with Crippen LogP contribution in [-0.4, -0.2) is 65.6 Å². The number of anilines is 1. The number of nitrogens with one attached hydrogen (secondary N) is 2. The molecule has 3 heterocycles. The largest absolute Gasteiger partial charge is 0.444 e. The van der Waals surface area contributed by atoms with Crippen LogP contribution in [0.2, 0.25) is 0 Å². The molecule has 2 aliphatic rings. The van der Waals surface area contributed by atoms with Crippen LogP contribution in [0.5, 0.6) is 0 Å². The Kier molecular flexibility index (Phi) is 8.81. The molecule has 38 heavy (non-hydrogen) atoms. The molecule has 2 aromatic rings. The monoisotopic (exact) mass is 529 g/mol. The molecule has 0 saturated carbocycles. The zero-order valence-electron chi connectivity index (χ0n) is 22.3. The maximum Gasteiger partial charge on any atom is 0.410 e. The third-order valence-corrected chi connectivity index (χ3v) is 6.78. The molecule has 8 nitrogen and oxygen atoms in total. The van der Waals surface area contributed by atoms with Gasteiger partial charge in [0.15, 0.2) is 6.30 Å². The summed E-state index contributed by atoms with van der Waals surface area (Å²) >= 11 is 0. The number of benzene rings is 1. The van der Waals surface area contributed by atoms with Crippen LogP contribution in [0, 0.1) is 5.82 Å². The molecule has 2 unspecified atom stereocenters. The van der Waals surface area contributed by atoms with Crippen LogP contribution in [0.1, 0.15) is 62.4 Å². The van der Waals surface area contributed by atoms with Crippen LogP contribution in [0.15, 0.2) is 42.6 Å². The highest BCUT2D eigenvalue weighted by atomic mass is 19.1. The fourth-order valence-corrected chi connectivity index (χ4v) is 4.94. The Hall–Kier alpha value is -3.27. The Balaban J connectivity index is 1.30. The zero-order valence-corrected chi connectivity index (χ0v) is 22.3. The van der Waals surface area contributed by atoms with Crippen LogP contribution in [-0.2, 0) is 11.2 Å². The summed E-state index contributed by atoms with van der Waals surface area (Å²) in [5.74, 6) is -0.129. The first-order chi connectivity index (χ1) is 18.1. The lowest BCUT2D eigenvalue weighted by molar-refractivity contribution is 0.0225. The highest BCUT2D eigenvalue weighted by Gasteiger charge is 2.35. The van der Waals surface area contributed by atoms with Gasteiger partial charge in [0.25, 0.3) is 5.91 Å². The molecule has 2 saturated heterocycles. The van der Waals surface area contributed by atoms with Crippen LogP contribution in [0.3, 0.4) is 0 Å². The van der Waals surface area contributed by atoms with Crippen molar-refractivity contribution in [2.24, 2.45) is 0 Å². The summed E-state index contributed by atoms with van der Waals surface area (Å²) in [4.78, 5) is 32.9. The number of ether oxygens (including phenoxy) is 1. The predicted molar refractivity (Wildman–Crippen MR) is 141 cm³/mol. The van der Waals surface area contributed by atoms with Gasteiger partial charge in [0, 0.05) is 32.3 Å². The van der Waals surface area contributed by atoms with E-state index in [1.807, 2.05) is 26.8 Å². The number of pyridine rings is 1. The number of carbonyl (C=O) groups is 2. The summed E-state index contributed by atoms with van der Waals surface area (Å²) in [7, 11) is 0. The summed E-state index contributed by atoms with van der Waals surface area (Å²) in [6, 6.07) is 9.60. The smallest absolute Gasteiger partial charge is 0.410 e. The molecule has 10 heteroatoms. The molecule has 2 amide bonds. The molecule has 0 aliphatic carbocycles. The number of hydrogen-bond acceptors (Lipinski definition) is 6. The fraction of sp³-hybridized carbons (Fsp3) is 0.536. The second kappa shape index (κ2) is 12.1. The number of rotatable bonds is 8. The van der Waals surface area contributed by atoms with Crippen molar-refractivity contribution in [3.63, 3.8) is 0 Å². The van der Waals surface area contributed by atoms with Crippen LogP contribution in [0.25, 0.3) is 0 Å². The van der Waals surface area contributed by atoms with Gasteiger partial charge in [-0.2, -0.15) is 0 Å². The van der Waals surface area contributed by atoms with E-state index >= 15 is 0 Å². The van der Waals surface area contributed by atoms with E-state index in [4.69, 9.17) is 4.74 Å². The molecule has 1 aromatic heterocycles. The van der Waals surface area contributed by atoms with Gasteiger partial charge in [-0.25, -0.2) is 18.6 Å². The summed E-state index contributed by atoms with van der Waals surface area (Å²) in [6.45, 7) is 6.96. The first-order valence-corrected chi connectivity index (χ1v) is 13.2. The Bertz CT molecular complexity index is 1110. The van der Waals surface area contributed by atoms with Crippen molar-refractivity contribution in [2.75, 3.05) is 24.5 Å². The zero-order chi connectivity index (χ0) is 27.3. The fourth-order valence-electron chi connectivity index (χ4n) is 4.94. The molecule has 1 aromatic carbocycles. The van der Waals surface area contributed by atoms with Crippen LogP contribution >= 0.6 is 0 Å². The Labute approximate surface area is 222 Å². The van der Waals surface area contributed by atoms with Crippen molar-refractivity contribution in [3.8, 4) is 0 Å². The minimum atomic E-state index is -1.19. The Morgan fingerprint density at radius 2 is 1.97 bits per heavy atom. The normalized spacial score (nSPS) is 21.6. The summed E-state index contributed by atoms with van der Waals surface area (Å²) in [5.41, 5.74) is 0.657. The predicted octanol–water partition coefficient (Wildman–Crippen LogP) is 4.40.